The summed E-state index contributed by atoms with van der Waals surface area (Å²) in [7, 11) is 0. The predicted molar refractivity (Wildman–Crippen MR) is 192 cm³/mol. The average molecular weight is 603 g/mol. The van der Waals surface area contributed by atoms with E-state index in [2.05, 4.69) is 142 Å². The fourth-order valence-electron chi connectivity index (χ4n) is 7.40. The van der Waals surface area contributed by atoms with Gasteiger partial charge in [0.15, 0.2) is 0 Å². The molecule has 0 saturated carbocycles. The van der Waals surface area contributed by atoms with Gasteiger partial charge in [0.2, 0.25) is 0 Å². The number of pyridine rings is 1. The fourth-order valence-corrected chi connectivity index (χ4v) is 7.40. The van der Waals surface area contributed by atoms with E-state index in [0.717, 1.165) is 67.3 Å². The lowest BCUT2D eigenvalue weighted by atomic mass is 9.34. The zero-order valence-electron chi connectivity index (χ0n) is 25.2. The van der Waals surface area contributed by atoms with Gasteiger partial charge in [0.05, 0.1) is 0 Å². The number of rotatable bonds is 4. The summed E-state index contributed by atoms with van der Waals surface area (Å²) in [5.41, 5.74) is 11.7. The maximum Gasteiger partial charge on any atom is 0.256 e. The van der Waals surface area contributed by atoms with E-state index in [1.807, 2.05) is 30.6 Å². The van der Waals surface area contributed by atoms with Gasteiger partial charge in [-0.2, -0.15) is 0 Å². The smallest absolute Gasteiger partial charge is 0.256 e. The Morgan fingerprint density at radius 1 is 0.532 bits per heavy atom. The number of furan rings is 1. The van der Waals surface area contributed by atoms with Gasteiger partial charge in [0.25, 0.3) is 6.71 Å². The van der Waals surface area contributed by atoms with Crippen LogP contribution in [0.25, 0.3) is 21.9 Å². The zero-order valence-corrected chi connectivity index (χ0v) is 25.2. The van der Waals surface area contributed by atoms with Crippen molar-refractivity contribution in [1.29, 1.82) is 0 Å². The molecule has 6 heteroatoms. The Labute approximate surface area is 272 Å². The molecule has 2 aliphatic rings. The Morgan fingerprint density at radius 3 is 2.11 bits per heavy atom. The molecule has 0 N–H and O–H groups in total. The lowest BCUT2D eigenvalue weighted by Gasteiger charge is -2.39. The summed E-state index contributed by atoms with van der Waals surface area (Å²) in [6.45, 7) is 0.00884. The Kier molecular flexibility index (Phi) is 5.60. The number of anilines is 6. The maximum atomic E-state index is 6.75. The number of nitrogens with zero attached hydrogens (tertiary/aromatic N) is 3. The predicted octanol–water partition coefficient (Wildman–Crippen LogP) is 8.86. The van der Waals surface area contributed by atoms with Crippen LogP contribution in [0.2, 0.25) is 0 Å². The minimum atomic E-state index is 0.00884. The summed E-state index contributed by atoms with van der Waals surface area (Å²) in [6, 6.07) is 50.9. The van der Waals surface area contributed by atoms with Gasteiger partial charge in [-0.25, -0.2) is 0 Å². The van der Waals surface area contributed by atoms with E-state index in [0.29, 0.717) is 0 Å². The number of hydrogen-bond donors (Lipinski definition) is 0. The van der Waals surface area contributed by atoms with E-state index < -0.39 is 0 Å². The molecule has 6 aromatic carbocycles. The molecule has 8 aromatic rings. The maximum absolute atomic E-state index is 6.75. The summed E-state index contributed by atoms with van der Waals surface area (Å²) < 4.78 is 13.4. The van der Waals surface area contributed by atoms with Crippen LogP contribution >= 0.6 is 0 Å². The van der Waals surface area contributed by atoms with Gasteiger partial charge in [0.1, 0.15) is 22.7 Å². The monoisotopic (exact) mass is 603 g/mol. The molecule has 4 heterocycles. The minimum absolute atomic E-state index is 0.00884. The van der Waals surface area contributed by atoms with Gasteiger partial charge in [-0.1, -0.05) is 60.7 Å². The second-order valence-electron chi connectivity index (χ2n) is 12.0. The summed E-state index contributed by atoms with van der Waals surface area (Å²) in [4.78, 5) is 8.81. The summed E-state index contributed by atoms with van der Waals surface area (Å²) in [5, 5.41) is 2.09. The van der Waals surface area contributed by atoms with Crippen LogP contribution in [0.1, 0.15) is 0 Å². The Bertz CT molecular complexity index is 2420. The molecule has 0 radical (unpaired) electrons. The van der Waals surface area contributed by atoms with Crippen molar-refractivity contribution in [3.05, 3.63) is 158 Å². The first-order valence-corrected chi connectivity index (χ1v) is 15.8. The number of ether oxygens (including phenoxy) is 1. The first kappa shape index (κ1) is 26.0. The summed E-state index contributed by atoms with van der Waals surface area (Å²) in [5.74, 6) is 1.75. The second kappa shape index (κ2) is 10.1. The Hall–Kier alpha value is -6.27. The molecule has 0 bridgehead atoms. The fraction of sp³-hybridized carbons (Fsp3) is 0. The molecule has 10 rings (SSSR count). The molecule has 5 nitrogen and oxygen atoms in total. The van der Waals surface area contributed by atoms with E-state index in [-0.39, 0.29) is 6.71 Å². The SMILES string of the molecule is c1ccc(N(c2ccncc2)c2ccc3c(c2)oc2cc4c(cc23)Oc2cccc3c2B4c2ccccc2N3c2ccccc2)cc1. The van der Waals surface area contributed by atoms with E-state index in [1.165, 1.54) is 16.6 Å². The van der Waals surface area contributed by atoms with Gasteiger partial charge in [0, 0.05) is 63.4 Å². The van der Waals surface area contributed by atoms with Gasteiger partial charge in [-0.3, -0.25) is 4.98 Å². The molecular formula is C41H26BN3O2. The molecule has 0 amide bonds. The number of aromatic nitrogens is 1. The highest BCUT2D eigenvalue weighted by molar-refractivity contribution is 6.99. The normalized spacial score (nSPS) is 12.8. The molecule has 220 valence electrons. The third-order valence-corrected chi connectivity index (χ3v) is 9.39. The second-order valence-corrected chi connectivity index (χ2v) is 12.0. The van der Waals surface area contributed by atoms with Crippen LogP contribution < -0.4 is 30.9 Å². The van der Waals surface area contributed by atoms with Gasteiger partial charge in [-0.05, 0) is 95.3 Å². The molecule has 0 fully saturated rings. The first-order chi connectivity index (χ1) is 23.3. The molecule has 0 unspecified atom stereocenters. The van der Waals surface area contributed by atoms with Crippen molar-refractivity contribution in [2.45, 2.75) is 0 Å². The lowest BCUT2D eigenvalue weighted by molar-refractivity contribution is 0.488. The van der Waals surface area contributed by atoms with Crippen LogP contribution in [0, 0.1) is 0 Å². The van der Waals surface area contributed by atoms with Crippen LogP contribution in [0.4, 0.5) is 34.1 Å². The zero-order chi connectivity index (χ0) is 30.9. The Balaban J connectivity index is 1.15. The summed E-state index contributed by atoms with van der Waals surface area (Å²) >= 11 is 0. The molecule has 0 saturated heterocycles. The topological polar surface area (TPSA) is 41.7 Å². The van der Waals surface area contributed by atoms with E-state index in [1.54, 1.807) is 0 Å². The third kappa shape index (κ3) is 3.95. The third-order valence-electron chi connectivity index (χ3n) is 9.39. The van der Waals surface area contributed by atoms with E-state index >= 15 is 0 Å². The van der Waals surface area contributed by atoms with Crippen LogP contribution in [0.3, 0.4) is 0 Å². The van der Waals surface area contributed by atoms with E-state index in [9.17, 15) is 0 Å². The van der Waals surface area contributed by atoms with Crippen molar-refractivity contribution in [3.63, 3.8) is 0 Å². The van der Waals surface area contributed by atoms with Crippen molar-refractivity contribution in [3.8, 4) is 11.5 Å². The average Bonchev–Trinajstić information content (AvgIpc) is 3.48. The number of fused-ring (bicyclic) bond motifs is 7. The van der Waals surface area contributed by atoms with Crippen molar-refractivity contribution in [1.82, 2.24) is 4.98 Å². The number of benzene rings is 6. The number of hydrogen-bond acceptors (Lipinski definition) is 5. The van der Waals surface area contributed by atoms with Crippen molar-refractivity contribution in [2.75, 3.05) is 9.80 Å². The highest BCUT2D eigenvalue weighted by Crippen LogP contribution is 2.43. The molecule has 2 aliphatic heterocycles. The number of para-hydroxylation sites is 3. The molecule has 47 heavy (non-hydrogen) atoms. The molecular weight excluding hydrogens is 577 g/mol. The van der Waals surface area contributed by atoms with Crippen molar-refractivity contribution >= 4 is 79.2 Å². The van der Waals surface area contributed by atoms with E-state index in [4.69, 9.17) is 9.15 Å². The molecule has 0 atom stereocenters. The quantitative estimate of drug-likeness (QED) is 0.188. The molecule has 0 spiro atoms. The standard InChI is InChI=1S/C41H26BN3O2/c1-3-10-27(11-4-1)44(29-20-22-43-23-21-29)30-18-19-31-32-25-40-34(26-39(32)47-38(31)24-30)42-33-14-7-8-15-35(33)45(28-12-5-2-6-13-28)36-16-9-17-37(46-40)41(36)42/h1-26H. The largest absolute Gasteiger partial charge is 0.458 e. The highest BCUT2D eigenvalue weighted by Gasteiger charge is 2.41. The molecule has 0 aliphatic carbocycles. The minimum Gasteiger partial charge on any atom is -0.458 e. The van der Waals surface area contributed by atoms with Crippen molar-refractivity contribution < 1.29 is 9.15 Å². The highest BCUT2D eigenvalue weighted by atomic mass is 16.5. The van der Waals surface area contributed by atoms with Crippen molar-refractivity contribution in [2.24, 2.45) is 0 Å². The first-order valence-electron chi connectivity index (χ1n) is 15.8. The van der Waals surface area contributed by atoms with Crippen LogP contribution in [-0.4, -0.2) is 11.7 Å². The van der Waals surface area contributed by atoms with Crippen LogP contribution in [0.5, 0.6) is 11.5 Å². The van der Waals surface area contributed by atoms with Crippen LogP contribution in [-0.2, 0) is 0 Å². The molecule has 2 aromatic heterocycles. The van der Waals surface area contributed by atoms with Gasteiger partial charge >= 0.3 is 0 Å². The Morgan fingerprint density at radius 2 is 1.26 bits per heavy atom. The lowest BCUT2D eigenvalue weighted by Crippen LogP contribution is -2.59. The van der Waals surface area contributed by atoms with Crippen LogP contribution in [0.15, 0.2) is 162 Å². The van der Waals surface area contributed by atoms with Gasteiger partial charge in [-0.15, -0.1) is 0 Å². The summed E-state index contributed by atoms with van der Waals surface area (Å²) in [6.07, 6.45) is 3.64. The van der Waals surface area contributed by atoms with Gasteiger partial charge < -0.3 is 19.0 Å².